The van der Waals surface area contributed by atoms with Crippen molar-refractivity contribution in [3.05, 3.63) is 44.4 Å². The van der Waals surface area contributed by atoms with E-state index in [1.54, 1.807) is 4.90 Å². The minimum atomic E-state index is -4.53. The van der Waals surface area contributed by atoms with Crippen LogP contribution in [0.3, 0.4) is 0 Å². The highest BCUT2D eigenvalue weighted by Crippen LogP contribution is 2.37. The average molecular weight is 436 g/mol. The van der Waals surface area contributed by atoms with E-state index in [-0.39, 0.29) is 18.2 Å². The van der Waals surface area contributed by atoms with Crippen LogP contribution >= 0.6 is 11.3 Å². The van der Waals surface area contributed by atoms with Crippen LogP contribution in [0.1, 0.15) is 29.5 Å². The quantitative estimate of drug-likeness (QED) is 0.581. The third kappa shape index (κ3) is 4.25. The van der Waals surface area contributed by atoms with E-state index in [2.05, 4.69) is 4.98 Å². The zero-order valence-electron chi connectivity index (χ0n) is 14.2. The van der Waals surface area contributed by atoms with Crippen molar-refractivity contribution >= 4 is 32.7 Å². The van der Waals surface area contributed by atoms with Gasteiger partial charge >= 0.3 is 6.18 Å². The van der Waals surface area contributed by atoms with E-state index >= 15 is 0 Å². The fourth-order valence-electron chi connectivity index (χ4n) is 3.11. The summed E-state index contributed by atoms with van der Waals surface area (Å²) in [5.41, 5.74) is -1.19. The molecule has 0 radical (unpaired) electrons. The predicted octanol–water partition coefficient (Wildman–Crippen LogP) is 3.10. The van der Waals surface area contributed by atoms with Crippen LogP contribution in [0.2, 0.25) is 0 Å². The molecule has 1 aliphatic heterocycles. The molecular weight excluding hydrogens is 421 g/mol. The number of non-ortho nitro benzene ring substituents is 1. The Labute approximate surface area is 162 Å². The molecule has 1 aromatic carbocycles. The van der Waals surface area contributed by atoms with Crippen molar-refractivity contribution < 1.29 is 26.5 Å². The second-order valence-corrected chi connectivity index (χ2v) is 8.73. The van der Waals surface area contributed by atoms with E-state index in [9.17, 15) is 31.7 Å². The molecule has 1 atom stereocenters. The van der Waals surface area contributed by atoms with Gasteiger partial charge in [0, 0.05) is 36.5 Å². The SMILES string of the molecule is NS(=O)(=O)c1cc([N+](=O)[O-])ccc1N1CCCC(c2nc(C(F)(F)F)cs2)C1. The number of alkyl halides is 3. The Hall–Kier alpha value is -2.25. The lowest BCUT2D eigenvalue weighted by Crippen LogP contribution is -2.35. The maximum atomic E-state index is 12.8. The summed E-state index contributed by atoms with van der Waals surface area (Å²) in [5, 5.41) is 17.4. The number of rotatable bonds is 4. The number of hydrogen-bond donors (Lipinski definition) is 1. The van der Waals surface area contributed by atoms with Crippen molar-refractivity contribution in [1.82, 2.24) is 4.98 Å². The fraction of sp³-hybridized carbons (Fsp3) is 0.400. The lowest BCUT2D eigenvalue weighted by atomic mass is 9.98. The van der Waals surface area contributed by atoms with Crippen LogP contribution in [0.4, 0.5) is 24.5 Å². The summed E-state index contributed by atoms with van der Waals surface area (Å²) in [6.45, 7) is 0.666. The van der Waals surface area contributed by atoms with Crippen molar-refractivity contribution in [3.8, 4) is 0 Å². The molecule has 28 heavy (non-hydrogen) atoms. The number of nitro benzene ring substituents is 1. The van der Waals surface area contributed by atoms with Crippen LogP contribution in [0.15, 0.2) is 28.5 Å². The molecule has 1 fully saturated rings. The molecule has 2 aromatic rings. The second kappa shape index (κ2) is 7.29. The monoisotopic (exact) mass is 436 g/mol. The van der Waals surface area contributed by atoms with Crippen LogP contribution < -0.4 is 10.0 Å². The Bertz CT molecular complexity index is 1010. The van der Waals surface area contributed by atoms with Gasteiger partial charge in [0.05, 0.1) is 15.6 Å². The third-order valence-electron chi connectivity index (χ3n) is 4.38. The van der Waals surface area contributed by atoms with Crippen molar-refractivity contribution in [2.45, 2.75) is 29.8 Å². The molecule has 2 N–H and O–H groups in total. The molecule has 8 nitrogen and oxygen atoms in total. The standard InChI is InChI=1S/C15H15F3N4O4S2/c16-15(17,18)13-8-27-14(20-13)9-2-1-5-21(7-9)11-4-3-10(22(23)24)6-12(11)28(19,25)26/h3-4,6,8-9H,1-2,5,7H2,(H2,19,25,26). The molecule has 0 aliphatic carbocycles. The predicted molar refractivity (Wildman–Crippen MR) is 95.8 cm³/mol. The van der Waals surface area contributed by atoms with Crippen molar-refractivity contribution in [1.29, 1.82) is 0 Å². The molecule has 0 bridgehead atoms. The number of thiazole rings is 1. The van der Waals surface area contributed by atoms with E-state index in [4.69, 9.17) is 5.14 Å². The Kier molecular flexibility index (Phi) is 5.34. The summed E-state index contributed by atoms with van der Waals surface area (Å²) < 4.78 is 62.2. The van der Waals surface area contributed by atoms with E-state index in [1.165, 1.54) is 12.1 Å². The van der Waals surface area contributed by atoms with Gasteiger partial charge in [-0.3, -0.25) is 10.1 Å². The highest BCUT2D eigenvalue weighted by Gasteiger charge is 2.35. The molecule has 1 aromatic heterocycles. The van der Waals surface area contributed by atoms with Gasteiger partial charge in [-0.05, 0) is 18.9 Å². The van der Waals surface area contributed by atoms with E-state index in [0.29, 0.717) is 24.4 Å². The van der Waals surface area contributed by atoms with Crippen molar-refractivity contribution in [2.24, 2.45) is 5.14 Å². The van der Waals surface area contributed by atoms with Crippen LogP contribution in [0, 0.1) is 10.1 Å². The number of primary sulfonamides is 1. The second-order valence-electron chi connectivity index (χ2n) is 6.31. The van der Waals surface area contributed by atoms with Crippen LogP contribution in [0.25, 0.3) is 0 Å². The molecule has 1 unspecified atom stereocenters. The number of benzene rings is 1. The minimum absolute atomic E-state index is 0.186. The van der Waals surface area contributed by atoms with Crippen LogP contribution in [-0.4, -0.2) is 31.4 Å². The van der Waals surface area contributed by atoms with Gasteiger partial charge in [0.1, 0.15) is 4.90 Å². The van der Waals surface area contributed by atoms with Gasteiger partial charge in [-0.25, -0.2) is 18.5 Å². The fourth-order valence-corrected chi connectivity index (χ4v) is 4.84. The molecular formula is C15H15F3N4O4S2. The maximum absolute atomic E-state index is 12.8. The Morgan fingerprint density at radius 1 is 1.36 bits per heavy atom. The number of hydrogen-bond acceptors (Lipinski definition) is 7. The van der Waals surface area contributed by atoms with E-state index < -0.39 is 37.4 Å². The first-order valence-corrected chi connectivity index (χ1v) is 10.5. The normalized spacial score (nSPS) is 18.3. The molecule has 0 saturated carbocycles. The number of aromatic nitrogens is 1. The number of piperidine rings is 1. The summed E-state index contributed by atoms with van der Waals surface area (Å²) in [5.74, 6) is -0.321. The van der Waals surface area contributed by atoms with Gasteiger partial charge in [-0.1, -0.05) is 0 Å². The average Bonchev–Trinajstić information content (AvgIpc) is 3.11. The smallest absolute Gasteiger partial charge is 0.370 e. The van der Waals surface area contributed by atoms with Gasteiger partial charge in [0.25, 0.3) is 5.69 Å². The lowest BCUT2D eigenvalue weighted by molar-refractivity contribution is -0.385. The van der Waals surface area contributed by atoms with Gasteiger partial charge in [0.2, 0.25) is 10.0 Å². The van der Waals surface area contributed by atoms with Crippen molar-refractivity contribution in [3.63, 3.8) is 0 Å². The first-order valence-electron chi connectivity index (χ1n) is 8.05. The molecule has 1 saturated heterocycles. The first kappa shape index (κ1) is 20.5. The summed E-state index contributed by atoms with van der Waals surface area (Å²) in [7, 11) is -4.24. The molecule has 2 heterocycles. The largest absolute Gasteiger partial charge is 0.434 e. The summed E-state index contributed by atoms with van der Waals surface area (Å²) in [4.78, 5) is 15.2. The number of halogens is 3. The summed E-state index contributed by atoms with van der Waals surface area (Å²) in [6, 6.07) is 3.35. The topological polar surface area (TPSA) is 119 Å². The first-order chi connectivity index (χ1) is 13.0. The molecule has 0 spiro atoms. The molecule has 152 valence electrons. The Balaban J connectivity index is 1.92. The number of sulfonamides is 1. The Morgan fingerprint density at radius 2 is 2.07 bits per heavy atom. The lowest BCUT2D eigenvalue weighted by Gasteiger charge is -2.34. The van der Waals surface area contributed by atoms with Crippen LogP contribution in [-0.2, 0) is 16.2 Å². The molecule has 1 aliphatic rings. The summed E-state index contributed by atoms with van der Waals surface area (Å²) in [6.07, 6.45) is -3.34. The van der Waals surface area contributed by atoms with Gasteiger partial charge in [0.15, 0.2) is 5.69 Å². The zero-order valence-corrected chi connectivity index (χ0v) is 15.9. The minimum Gasteiger partial charge on any atom is -0.370 e. The van der Waals surface area contributed by atoms with Crippen molar-refractivity contribution in [2.75, 3.05) is 18.0 Å². The highest BCUT2D eigenvalue weighted by molar-refractivity contribution is 7.89. The number of nitrogens with zero attached hydrogens (tertiary/aromatic N) is 3. The number of nitro groups is 1. The number of anilines is 1. The third-order valence-corrected chi connectivity index (χ3v) is 6.33. The van der Waals surface area contributed by atoms with Gasteiger partial charge in [-0.15, -0.1) is 11.3 Å². The highest BCUT2D eigenvalue weighted by atomic mass is 32.2. The van der Waals surface area contributed by atoms with Gasteiger partial charge in [-0.2, -0.15) is 13.2 Å². The molecule has 3 rings (SSSR count). The Morgan fingerprint density at radius 3 is 2.64 bits per heavy atom. The zero-order chi connectivity index (χ0) is 20.7. The molecule has 0 amide bonds. The maximum Gasteiger partial charge on any atom is 0.434 e. The van der Waals surface area contributed by atoms with E-state index in [1.807, 2.05) is 0 Å². The summed E-state index contributed by atoms with van der Waals surface area (Å²) >= 11 is 0.906. The number of nitrogens with two attached hydrogens (primary N) is 1. The van der Waals surface area contributed by atoms with Crippen LogP contribution in [0.5, 0.6) is 0 Å². The van der Waals surface area contributed by atoms with E-state index in [0.717, 1.165) is 22.8 Å². The molecule has 13 heteroatoms. The van der Waals surface area contributed by atoms with Gasteiger partial charge < -0.3 is 4.90 Å².